The van der Waals surface area contributed by atoms with Gasteiger partial charge >= 0.3 is 11.9 Å². The number of likely N-dealkylation sites (N-methyl/N-ethyl adjacent to an activating group) is 1. The topological polar surface area (TPSA) is 90.7 Å². The van der Waals surface area contributed by atoms with Gasteiger partial charge in [0.1, 0.15) is 17.5 Å². The zero-order valence-corrected chi connectivity index (χ0v) is 25.4. The normalized spacial score (nSPS) is 18.5. The predicted octanol–water partition coefficient (Wildman–Crippen LogP) is 4.67. The Kier molecular flexibility index (Phi) is 10.4. The van der Waals surface area contributed by atoms with Crippen molar-refractivity contribution in [3.05, 3.63) is 64.6 Å². The molecule has 0 radical (unpaired) electrons. The summed E-state index contributed by atoms with van der Waals surface area (Å²) in [5.41, 5.74) is -2.31. The van der Waals surface area contributed by atoms with E-state index in [-0.39, 0.29) is 65.8 Å². The maximum atomic E-state index is 15.0. The summed E-state index contributed by atoms with van der Waals surface area (Å²) in [5.74, 6) is -1.84. The van der Waals surface area contributed by atoms with Gasteiger partial charge in [-0.2, -0.15) is 18.2 Å². The van der Waals surface area contributed by atoms with E-state index in [1.165, 1.54) is 10.6 Å². The Morgan fingerprint density at radius 2 is 1.89 bits per heavy atom. The molecule has 0 spiro atoms. The van der Waals surface area contributed by atoms with Gasteiger partial charge in [-0.05, 0) is 57.3 Å². The number of benzene rings is 2. The fraction of sp³-hybridized carbons (Fsp3) is 0.433. The van der Waals surface area contributed by atoms with Crippen molar-refractivity contribution in [1.29, 1.82) is 0 Å². The third kappa shape index (κ3) is 6.61. The lowest BCUT2D eigenvalue weighted by molar-refractivity contribution is -0.137. The molecule has 0 aliphatic carbocycles. The standard InChI is InChI=1S/C27H25F5N4O2S.C3H9NO/c1-4-21(37)36-14(2)12-34(13-15(36)3)25-18-11-19(27(30,31)32)22(17-7-6-16(28)10-20(17)29)24-23(18)35(26(38)33-25)8-5-9-39-24;1-4-2-3-5/h4,6-7,10-11,14-15H,1,5,8-9,12-13H2,2-3H3;4-5H,2-3H2,1H3. The minimum Gasteiger partial charge on any atom is -0.395 e. The number of amides is 1. The maximum Gasteiger partial charge on any atom is 0.417 e. The van der Waals surface area contributed by atoms with E-state index in [4.69, 9.17) is 5.11 Å². The number of aromatic nitrogens is 2. The minimum absolute atomic E-state index is 0.0797. The molecule has 1 saturated heterocycles. The first-order chi connectivity index (χ1) is 20.8. The molecular weight excluding hydrogens is 605 g/mol. The smallest absolute Gasteiger partial charge is 0.395 e. The number of anilines is 1. The number of aliphatic hydroxyl groups is 1. The molecule has 238 valence electrons. The molecule has 2 aliphatic rings. The van der Waals surface area contributed by atoms with Gasteiger partial charge in [-0.3, -0.25) is 9.36 Å². The lowest BCUT2D eigenvalue weighted by Crippen LogP contribution is -2.58. The molecule has 5 rings (SSSR count). The summed E-state index contributed by atoms with van der Waals surface area (Å²) in [7, 11) is 1.80. The van der Waals surface area contributed by atoms with E-state index in [2.05, 4.69) is 16.9 Å². The number of aliphatic hydroxyl groups excluding tert-OH is 1. The minimum atomic E-state index is -4.89. The maximum absolute atomic E-state index is 15.0. The summed E-state index contributed by atoms with van der Waals surface area (Å²) in [5, 5.41) is 10.9. The SMILES string of the molecule is C=CC(=O)N1C(C)CN(c2nc(=O)n3c4c(c(-c5ccc(F)cc5F)c(C(F)(F)F)cc24)SCCC3)CC1C.CNCCO. The van der Waals surface area contributed by atoms with Crippen LogP contribution in [0.4, 0.5) is 27.8 Å². The van der Waals surface area contributed by atoms with Gasteiger partial charge in [0.25, 0.3) is 0 Å². The van der Waals surface area contributed by atoms with E-state index >= 15 is 0 Å². The number of aryl methyl sites for hydroxylation is 1. The number of hydrogen-bond donors (Lipinski definition) is 2. The summed E-state index contributed by atoms with van der Waals surface area (Å²) in [6, 6.07) is 2.70. The quantitative estimate of drug-likeness (QED) is 0.310. The zero-order valence-electron chi connectivity index (χ0n) is 24.5. The average molecular weight is 640 g/mol. The van der Waals surface area contributed by atoms with Crippen LogP contribution in [0.1, 0.15) is 25.8 Å². The van der Waals surface area contributed by atoms with Gasteiger partial charge in [0.05, 0.1) is 17.7 Å². The molecule has 1 aromatic heterocycles. The highest BCUT2D eigenvalue weighted by Crippen LogP contribution is 2.48. The van der Waals surface area contributed by atoms with Crippen LogP contribution in [0, 0.1) is 11.6 Å². The molecule has 2 N–H and O–H groups in total. The molecule has 1 amide bonds. The number of halogens is 5. The zero-order chi connectivity index (χ0) is 32.3. The van der Waals surface area contributed by atoms with Crippen molar-refractivity contribution in [1.82, 2.24) is 19.8 Å². The molecule has 2 atom stereocenters. The molecule has 2 unspecified atom stereocenters. The highest BCUT2D eigenvalue weighted by molar-refractivity contribution is 7.99. The van der Waals surface area contributed by atoms with Crippen molar-refractivity contribution in [2.45, 2.75) is 50.0 Å². The van der Waals surface area contributed by atoms with Crippen LogP contribution in [0.25, 0.3) is 22.0 Å². The van der Waals surface area contributed by atoms with Crippen LogP contribution in [0.3, 0.4) is 0 Å². The first-order valence-electron chi connectivity index (χ1n) is 14.1. The lowest BCUT2D eigenvalue weighted by atomic mass is 9.95. The number of thioether (sulfide) groups is 1. The van der Waals surface area contributed by atoms with Crippen LogP contribution in [-0.2, 0) is 17.5 Å². The van der Waals surface area contributed by atoms with Crippen molar-refractivity contribution in [2.24, 2.45) is 0 Å². The molecule has 0 saturated carbocycles. The van der Waals surface area contributed by atoms with Crippen LogP contribution < -0.4 is 15.9 Å². The number of carbonyl (C=O) groups is 1. The fourth-order valence-electron chi connectivity index (χ4n) is 5.71. The van der Waals surface area contributed by atoms with Gasteiger partial charge in [-0.1, -0.05) is 6.58 Å². The van der Waals surface area contributed by atoms with E-state index in [0.717, 1.165) is 30.0 Å². The number of alkyl halides is 3. The van der Waals surface area contributed by atoms with Crippen LogP contribution in [0.5, 0.6) is 0 Å². The third-order valence-electron chi connectivity index (χ3n) is 7.49. The van der Waals surface area contributed by atoms with Gasteiger partial charge in [0, 0.05) is 65.7 Å². The highest BCUT2D eigenvalue weighted by atomic mass is 32.2. The number of carbonyl (C=O) groups excluding carboxylic acids is 1. The second-order valence-electron chi connectivity index (χ2n) is 10.6. The van der Waals surface area contributed by atoms with Gasteiger partial charge in [0.15, 0.2) is 0 Å². The number of piperazine rings is 1. The molecule has 0 bridgehead atoms. The molecule has 1 fully saturated rings. The Bertz CT molecular complexity index is 1600. The van der Waals surface area contributed by atoms with Gasteiger partial charge < -0.3 is 20.2 Å². The van der Waals surface area contributed by atoms with Crippen LogP contribution in [0.2, 0.25) is 0 Å². The van der Waals surface area contributed by atoms with Gasteiger partial charge in [-0.15, -0.1) is 11.8 Å². The van der Waals surface area contributed by atoms with E-state index in [9.17, 15) is 31.5 Å². The lowest BCUT2D eigenvalue weighted by Gasteiger charge is -2.44. The molecule has 14 heteroatoms. The number of hydrogen-bond acceptors (Lipinski definition) is 7. The highest BCUT2D eigenvalue weighted by Gasteiger charge is 2.39. The monoisotopic (exact) mass is 639 g/mol. The first-order valence-corrected chi connectivity index (χ1v) is 15.0. The summed E-state index contributed by atoms with van der Waals surface area (Å²) in [4.78, 5) is 33.4. The van der Waals surface area contributed by atoms with Crippen LogP contribution in [0.15, 0.2) is 46.6 Å². The summed E-state index contributed by atoms with van der Waals surface area (Å²) in [6.45, 7) is 8.76. The van der Waals surface area contributed by atoms with E-state index in [1.54, 1.807) is 30.7 Å². The van der Waals surface area contributed by atoms with Gasteiger partial charge in [0.2, 0.25) is 5.91 Å². The number of nitrogens with one attached hydrogen (secondary N) is 1. The number of rotatable bonds is 5. The Morgan fingerprint density at radius 1 is 1.20 bits per heavy atom. The molecule has 3 aromatic rings. The largest absolute Gasteiger partial charge is 0.417 e. The average Bonchev–Trinajstić information content (AvgIpc) is 3.19. The molecule has 2 aromatic carbocycles. The first kappa shape index (κ1) is 33.4. The van der Waals surface area contributed by atoms with Gasteiger partial charge in [-0.25, -0.2) is 13.6 Å². The predicted molar refractivity (Wildman–Crippen MR) is 161 cm³/mol. The fourth-order valence-corrected chi connectivity index (χ4v) is 6.91. The Labute approximate surface area is 255 Å². The van der Waals surface area contributed by atoms with Crippen LogP contribution in [-0.4, -0.2) is 76.6 Å². The molecular formula is C30H34F5N5O3S. The Balaban J connectivity index is 0.000000818. The molecule has 8 nitrogen and oxygen atoms in total. The Hall–Kier alpha value is -3.49. The van der Waals surface area contributed by atoms with Crippen molar-refractivity contribution in [3.63, 3.8) is 0 Å². The number of nitrogens with zero attached hydrogens (tertiary/aromatic N) is 4. The van der Waals surface area contributed by atoms with E-state index < -0.39 is 40.2 Å². The third-order valence-corrected chi connectivity index (χ3v) is 8.67. The van der Waals surface area contributed by atoms with Crippen molar-refractivity contribution in [3.8, 4) is 11.1 Å². The van der Waals surface area contributed by atoms with Crippen molar-refractivity contribution in [2.75, 3.05) is 43.9 Å². The summed E-state index contributed by atoms with van der Waals surface area (Å²) < 4.78 is 73.8. The summed E-state index contributed by atoms with van der Waals surface area (Å²) in [6.07, 6.45) is -3.19. The second kappa shape index (κ2) is 13.7. The molecule has 44 heavy (non-hydrogen) atoms. The molecule has 2 aliphatic heterocycles. The molecule has 3 heterocycles. The van der Waals surface area contributed by atoms with E-state index in [0.29, 0.717) is 24.8 Å². The van der Waals surface area contributed by atoms with Crippen LogP contribution >= 0.6 is 11.8 Å². The van der Waals surface area contributed by atoms with Crippen molar-refractivity contribution >= 4 is 34.4 Å². The van der Waals surface area contributed by atoms with Crippen molar-refractivity contribution < 1.29 is 31.9 Å². The Morgan fingerprint density at radius 3 is 2.43 bits per heavy atom. The summed E-state index contributed by atoms with van der Waals surface area (Å²) >= 11 is 1.11. The van der Waals surface area contributed by atoms with E-state index in [1.807, 2.05) is 0 Å². The second-order valence-corrected chi connectivity index (χ2v) is 11.7.